The fourth-order valence-corrected chi connectivity index (χ4v) is 1.69. The molecule has 0 saturated carbocycles. The second-order valence-corrected chi connectivity index (χ2v) is 4.26. The highest BCUT2D eigenvalue weighted by Crippen LogP contribution is 2.33. The molecule has 0 aliphatic carbocycles. The van der Waals surface area contributed by atoms with Crippen LogP contribution in [0.1, 0.15) is 15.9 Å². The molecule has 2 aromatic rings. The van der Waals surface area contributed by atoms with Crippen molar-refractivity contribution < 1.29 is 24.0 Å². The quantitative estimate of drug-likeness (QED) is 0.687. The summed E-state index contributed by atoms with van der Waals surface area (Å²) in [4.78, 5) is 21.0. The molecule has 0 spiro atoms. The summed E-state index contributed by atoms with van der Waals surface area (Å²) in [6.45, 7) is 1.44. The van der Waals surface area contributed by atoms with Gasteiger partial charge < -0.3 is 9.84 Å². The summed E-state index contributed by atoms with van der Waals surface area (Å²) in [6, 6.07) is 7.45. The Morgan fingerprint density at radius 2 is 2.05 bits per heavy atom. The number of nitrogens with zero attached hydrogens (tertiary/aromatic N) is 1. The SMILES string of the molecule is Cc1cc(Oc2cccc(C(=O)O)c2)c([N+](=O)[O-])cc1F. The largest absolute Gasteiger partial charge is 0.478 e. The summed E-state index contributed by atoms with van der Waals surface area (Å²) >= 11 is 0. The van der Waals surface area contributed by atoms with Gasteiger partial charge in [-0.25, -0.2) is 9.18 Å². The molecule has 1 N–H and O–H groups in total. The standard InChI is InChI=1S/C14H10FNO5/c1-8-5-13(12(16(19)20)7-11(8)15)21-10-4-2-3-9(6-10)14(17)18/h2-7H,1H3,(H,17,18). The molecule has 0 aliphatic rings. The molecule has 0 heterocycles. The third kappa shape index (κ3) is 3.14. The van der Waals surface area contributed by atoms with Crippen LogP contribution in [0, 0.1) is 22.9 Å². The van der Waals surface area contributed by atoms with Crippen LogP contribution in [0.25, 0.3) is 0 Å². The van der Waals surface area contributed by atoms with Gasteiger partial charge in [0.25, 0.3) is 0 Å². The van der Waals surface area contributed by atoms with Gasteiger partial charge in [0.1, 0.15) is 11.6 Å². The van der Waals surface area contributed by atoms with Crippen LogP contribution in [0.3, 0.4) is 0 Å². The molecule has 0 saturated heterocycles. The van der Waals surface area contributed by atoms with Crippen molar-refractivity contribution in [3.8, 4) is 11.5 Å². The van der Waals surface area contributed by atoms with E-state index in [0.717, 1.165) is 6.07 Å². The second kappa shape index (κ2) is 5.58. The molecule has 2 rings (SSSR count). The van der Waals surface area contributed by atoms with Gasteiger partial charge in [-0.15, -0.1) is 0 Å². The number of rotatable bonds is 4. The maximum absolute atomic E-state index is 13.4. The topological polar surface area (TPSA) is 89.7 Å². The zero-order valence-electron chi connectivity index (χ0n) is 10.9. The molecule has 7 heteroatoms. The maximum Gasteiger partial charge on any atom is 0.335 e. The number of nitro benzene ring substituents is 1. The zero-order valence-corrected chi connectivity index (χ0v) is 10.9. The van der Waals surface area contributed by atoms with E-state index in [4.69, 9.17) is 9.84 Å². The van der Waals surface area contributed by atoms with Gasteiger partial charge in [-0.1, -0.05) is 6.07 Å². The summed E-state index contributed by atoms with van der Waals surface area (Å²) in [7, 11) is 0. The maximum atomic E-state index is 13.4. The van der Waals surface area contributed by atoms with Gasteiger partial charge in [0, 0.05) is 0 Å². The van der Waals surface area contributed by atoms with Gasteiger partial charge in [0.15, 0.2) is 0 Å². The van der Waals surface area contributed by atoms with Crippen LogP contribution in [0.4, 0.5) is 10.1 Å². The third-order valence-electron chi connectivity index (χ3n) is 2.75. The first-order valence-electron chi connectivity index (χ1n) is 5.84. The zero-order chi connectivity index (χ0) is 15.6. The van der Waals surface area contributed by atoms with E-state index < -0.39 is 22.4 Å². The van der Waals surface area contributed by atoms with E-state index in [0.29, 0.717) is 0 Å². The van der Waals surface area contributed by atoms with Crippen molar-refractivity contribution in [1.82, 2.24) is 0 Å². The van der Waals surface area contributed by atoms with Crippen LogP contribution in [-0.4, -0.2) is 16.0 Å². The Balaban J connectivity index is 2.43. The number of carboxylic acids is 1. The van der Waals surface area contributed by atoms with Crippen molar-refractivity contribution in [2.75, 3.05) is 0 Å². The summed E-state index contributed by atoms with van der Waals surface area (Å²) in [5.41, 5.74) is -0.363. The van der Waals surface area contributed by atoms with Crippen LogP contribution in [0.2, 0.25) is 0 Å². The highest BCUT2D eigenvalue weighted by molar-refractivity contribution is 5.88. The molecule has 0 amide bonds. The molecule has 0 unspecified atom stereocenters. The first kappa shape index (κ1) is 14.4. The number of aryl methyl sites for hydroxylation is 1. The minimum Gasteiger partial charge on any atom is -0.478 e. The third-order valence-corrected chi connectivity index (χ3v) is 2.75. The van der Waals surface area contributed by atoms with E-state index in [2.05, 4.69) is 0 Å². The Hall–Kier alpha value is -2.96. The lowest BCUT2D eigenvalue weighted by Gasteiger charge is -2.08. The van der Waals surface area contributed by atoms with Crippen molar-refractivity contribution in [2.24, 2.45) is 0 Å². The molecule has 0 bridgehead atoms. The van der Waals surface area contributed by atoms with Crippen molar-refractivity contribution in [1.29, 1.82) is 0 Å². The van der Waals surface area contributed by atoms with Gasteiger partial charge >= 0.3 is 11.7 Å². The highest BCUT2D eigenvalue weighted by atomic mass is 19.1. The Morgan fingerprint density at radius 3 is 2.67 bits per heavy atom. The fraction of sp³-hybridized carbons (Fsp3) is 0.0714. The van der Waals surface area contributed by atoms with E-state index in [1.165, 1.54) is 37.3 Å². The predicted molar refractivity (Wildman–Crippen MR) is 71.3 cm³/mol. The van der Waals surface area contributed by atoms with E-state index in [1.807, 2.05) is 0 Å². The van der Waals surface area contributed by atoms with Crippen LogP contribution >= 0.6 is 0 Å². The summed E-state index contributed by atoms with van der Waals surface area (Å²) in [6.07, 6.45) is 0. The molecular weight excluding hydrogens is 281 g/mol. The fourth-order valence-electron chi connectivity index (χ4n) is 1.69. The lowest BCUT2D eigenvalue weighted by molar-refractivity contribution is -0.385. The number of carbonyl (C=O) groups is 1. The number of ether oxygens (including phenoxy) is 1. The predicted octanol–water partition coefficient (Wildman–Crippen LogP) is 3.53. The summed E-state index contributed by atoms with van der Waals surface area (Å²) in [5.74, 6) is -1.90. The molecule has 0 aromatic heterocycles. The van der Waals surface area contributed by atoms with Crippen LogP contribution in [-0.2, 0) is 0 Å². The van der Waals surface area contributed by atoms with Crippen molar-refractivity contribution >= 4 is 11.7 Å². The normalized spacial score (nSPS) is 10.2. The second-order valence-electron chi connectivity index (χ2n) is 4.26. The summed E-state index contributed by atoms with van der Waals surface area (Å²) in [5, 5.41) is 19.8. The molecule has 2 aromatic carbocycles. The molecule has 0 radical (unpaired) electrons. The van der Waals surface area contributed by atoms with Gasteiger partial charge in [0.2, 0.25) is 5.75 Å². The molecular formula is C14H10FNO5. The van der Waals surface area contributed by atoms with Crippen LogP contribution < -0.4 is 4.74 Å². The van der Waals surface area contributed by atoms with Gasteiger partial charge in [0.05, 0.1) is 16.6 Å². The number of hydrogen-bond acceptors (Lipinski definition) is 4. The first-order valence-corrected chi connectivity index (χ1v) is 5.84. The number of carboxylic acid groups (broad SMARTS) is 1. The minimum atomic E-state index is -1.15. The molecule has 0 aliphatic heterocycles. The average molecular weight is 291 g/mol. The number of aromatic carboxylic acids is 1. The van der Waals surface area contributed by atoms with Crippen LogP contribution in [0.5, 0.6) is 11.5 Å². The lowest BCUT2D eigenvalue weighted by atomic mass is 10.2. The monoisotopic (exact) mass is 291 g/mol. The number of hydrogen-bond donors (Lipinski definition) is 1. The van der Waals surface area contributed by atoms with E-state index >= 15 is 0 Å². The highest BCUT2D eigenvalue weighted by Gasteiger charge is 2.19. The van der Waals surface area contributed by atoms with Crippen molar-refractivity contribution in [3.05, 3.63) is 63.5 Å². The molecule has 21 heavy (non-hydrogen) atoms. The number of benzene rings is 2. The summed E-state index contributed by atoms with van der Waals surface area (Å²) < 4.78 is 18.7. The molecule has 0 fully saturated rings. The average Bonchev–Trinajstić information content (AvgIpc) is 2.42. The Bertz CT molecular complexity index is 729. The Kier molecular flexibility index (Phi) is 3.84. The van der Waals surface area contributed by atoms with E-state index in [1.54, 1.807) is 0 Å². The van der Waals surface area contributed by atoms with Crippen LogP contribution in [0.15, 0.2) is 36.4 Å². The van der Waals surface area contributed by atoms with Gasteiger partial charge in [-0.2, -0.15) is 0 Å². The molecule has 0 atom stereocenters. The molecule has 108 valence electrons. The number of halogens is 1. The Labute approximate surface area is 118 Å². The molecule has 6 nitrogen and oxygen atoms in total. The smallest absolute Gasteiger partial charge is 0.335 e. The number of nitro groups is 1. The minimum absolute atomic E-state index is 0.0195. The lowest BCUT2D eigenvalue weighted by Crippen LogP contribution is -1.98. The van der Waals surface area contributed by atoms with Crippen molar-refractivity contribution in [2.45, 2.75) is 6.92 Å². The Morgan fingerprint density at radius 1 is 1.33 bits per heavy atom. The van der Waals surface area contributed by atoms with E-state index in [9.17, 15) is 19.3 Å². The van der Waals surface area contributed by atoms with Gasteiger partial charge in [-0.05, 0) is 36.8 Å². The van der Waals surface area contributed by atoms with Gasteiger partial charge in [-0.3, -0.25) is 10.1 Å². The first-order chi connectivity index (χ1) is 9.88. The van der Waals surface area contributed by atoms with E-state index in [-0.39, 0.29) is 22.6 Å². The van der Waals surface area contributed by atoms with Crippen molar-refractivity contribution in [3.63, 3.8) is 0 Å².